The number of aryl methyl sites for hydroxylation is 1. The molecular weight excluding hydrogens is 432 g/mol. The summed E-state index contributed by atoms with van der Waals surface area (Å²) in [6, 6.07) is 2.28. The molecule has 184 valence electrons. The molecule has 6 heteroatoms. The SMILES string of the molecule is C=C(/C=C\C)C(=O)N(c1cc(C#CC(C)(C)C)sc1C)C1CCN(C)CC1.CC.COC=O. The minimum Gasteiger partial charge on any atom is -0.471 e. The number of likely N-dealkylation sites (tertiary alicyclic amines) is 1. The van der Waals surface area contributed by atoms with Crippen molar-refractivity contribution >= 4 is 29.4 Å². The first-order valence-electron chi connectivity index (χ1n) is 11.5. The minimum absolute atomic E-state index is 0.00103. The van der Waals surface area contributed by atoms with Gasteiger partial charge >= 0.3 is 0 Å². The van der Waals surface area contributed by atoms with Gasteiger partial charge in [-0.05, 0) is 73.7 Å². The molecule has 5 nitrogen and oxygen atoms in total. The quantitative estimate of drug-likeness (QED) is 0.233. The lowest BCUT2D eigenvalue weighted by Crippen LogP contribution is -2.47. The van der Waals surface area contributed by atoms with E-state index in [0.717, 1.165) is 41.4 Å². The molecule has 0 aromatic carbocycles. The highest BCUT2D eigenvalue weighted by molar-refractivity contribution is 7.13. The van der Waals surface area contributed by atoms with Gasteiger partial charge in [-0.3, -0.25) is 9.59 Å². The van der Waals surface area contributed by atoms with Gasteiger partial charge in [0.1, 0.15) is 0 Å². The van der Waals surface area contributed by atoms with Gasteiger partial charge in [0, 0.05) is 21.9 Å². The number of hydrogen-bond donors (Lipinski definition) is 0. The second-order valence-corrected chi connectivity index (χ2v) is 9.88. The summed E-state index contributed by atoms with van der Waals surface area (Å²) >= 11 is 1.66. The van der Waals surface area contributed by atoms with Gasteiger partial charge in [-0.2, -0.15) is 0 Å². The van der Waals surface area contributed by atoms with Crippen molar-refractivity contribution in [1.82, 2.24) is 4.90 Å². The summed E-state index contributed by atoms with van der Waals surface area (Å²) in [6.45, 7) is 20.7. The number of piperidine rings is 1. The van der Waals surface area contributed by atoms with E-state index in [0.29, 0.717) is 12.0 Å². The van der Waals surface area contributed by atoms with Gasteiger partial charge in [0.25, 0.3) is 12.4 Å². The normalized spacial score (nSPS) is 14.1. The molecule has 0 saturated carbocycles. The van der Waals surface area contributed by atoms with Gasteiger partial charge in [0.2, 0.25) is 0 Å². The number of carbonyl (C=O) groups excluding carboxylic acids is 2. The third kappa shape index (κ3) is 10.9. The van der Waals surface area contributed by atoms with Crippen LogP contribution in [0.4, 0.5) is 5.69 Å². The van der Waals surface area contributed by atoms with E-state index in [9.17, 15) is 4.79 Å². The maximum Gasteiger partial charge on any atom is 0.292 e. The van der Waals surface area contributed by atoms with Crippen LogP contribution in [0.2, 0.25) is 0 Å². The Bertz CT molecular complexity index is 845. The maximum atomic E-state index is 13.2. The molecule has 0 aliphatic carbocycles. The molecule has 1 aliphatic heterocycles. The Labute approximate surface area is 205 Å². The van der Waals surface area contributed by atoms with Gasteiger partial charge < -0.3 is 14.5 Å². The first-order valence-corrected chi connectivity index (χ1v) is 12.3. The van der Waals surface area contributed by atoms with E-state index >= 15 is 0 Å². The Hall–Kier alpha value is -2.36. The van der Waals surface area contributed by atoms with Gasteiger partial charge in [-0.25, -0.2) is 0 Å². The van der Waals surface area contributed by atoms with Crippen LogP contribution in [0.3, 0.4) is 0 Å². The smallest absolute Gasteiger partial charge is 0.292 e. The van der Waals surface area contributed by atoms with Crippen molar-refractivity contribution < 1.29 is 14.3 Å². The molecule has 0 N–H and O–H groups in total. The molecule has 0 bridgehead atoms. The molecule has 0 unspecified atom stereocenters. The van der Waals surface area contributed by atoms with Crippen LogP contribution in [0.15, 0.2) is 30.4 Å². The predicted octanol–water partition coefficient (Wildman–Crippen LogP) is 5.83. The number of carbonyl (C=O) groups is 2. The lowest BCUT2D eigenvalue weighted by atomic mass is 9.98. The summed E-state index contributed by atoms with van der Waals surface area (Å²) in [5.74, 6) is 6.59. The first-order chi connectivity index (χ1) is 15.5. The predicted molar refractivity (Wildman–Crippen MR) is 142 cm³/mol. The molecule has 1 aromatic heterocycles. The monoisotopic (exact) mass is 474 g/mol. The van der Waals surface area contributed by atoms with E-state index < -0.39 is 0 Å². The van der Waals surface area contributed by atoms with Crippen LogP contribution in [-0.2, 0) is 14.3 Å². The van der Waals surface area contributed by atoms with E-state index in [2.05, 4.69) is 68.9 Å². The van der Waals surface area contributed by atoms with Crippen LogP contribution in [0.1, 0.15) is 64.1 Å². The number of allylic oxidation sites excluding steroid dienone is 1. The number of hydrogen-bond acceptors (Lipinski definition) is 5. The Morgan fingerprint density at radius 3 is 2.30 bits per heavy atom. The lowest BCUT2D eigenvalue weighted by molar-refractivity contribution is -0.126. The molecule has 0 spiro atoms. The fourth-order valence-corrected chi connectivity index (χ4v) is 4.04. The van der Waals surface area contributed by atoms with Crippen molar-refractivity contribution in [2.24, 2.45) is 5.41 Å². The zero-order valence-corrected chi connectivity index (χ0v) is 22.8. The molecule has 0 atom stereocenters. The summed E-state index contributed by atoms with van der Waals surface area (Å²) in [6.07, 6.45) is 5.62. The van der Waals surface area contributed by atoms with Crippen molar-refractivity contribution in [3.63, 3.8) is 0 Å². The number of nitrogens with zero attached hydrogens (tertiary/aromatic N) is 2. The van der Waals surface area contributed by atoms with Crippen LogP contribution in [0.25, 0.3) is 0 Å². The molecular formula is C27H42N2O3S. The molecule has 1 aliphatic rings. The number of ether oxygens (including phenoxy) is 1. The highest BCUT2D eigenvalue weighted by atomic mass is 32.1. The highest BCUT2D eigenvalue weighted by Gasteiger charge is 2.30. The molecule has 0 radical (unpaired) electrons. The largest absolute Gasteiger partial charge is 0.471 e. The third-order valence-corrected chi connectivity index (χ3v) is 5.68. The van der Waals surface area contributed by atoms with Gasteiger partial charge in [-0.1, -0.05) is 44.4 Å². The second kappa shape index (κ2) is 15.5. The zero-order valence-electron chi connectivity index (χ0n) is 21.9. The number of amides is 1. The van der Waals surface area contributed by atoms with Crippen LogP contribution >= 0.6 is 11.3 Å². The molecule has 1 amide bonds. The zero-order chi connectivity index (χ0) is 25.6. The van der Waals surface area contributed by atoms with Crippen molar-refractivity contribution in [3.8, 4) is 11.8 Å². The molecule has 1 fully saturated rings. The first kappa shape index (κ1) is 30.6. The molecule has 2 rings (SSSR count). The Kier molecular flexibility index (Phi) is 14.4. The third-order valence-electron chi connectivity index (χ3n) is 4.72. The highest BCUT2D eigenvalue weighted by Crippen LogP contribution is 2.34. The van der Waals surface area contributed by atoms with Crippen LogP contribution in [0, 0.1) is 24.2 Å². The van der Waals surface area contributed by atoms with E-state index in [1.54, 1.807) is 17.4 Å². The van der Waals surface area contributed by atoms with E-state index in [1.807, 2.05) is 31.7 Å². The Balaban J connectivity index is 0.00000154. The topological polar surface area (TPSA) is 49.9 Å². The summed E-state index contributed by atoms with van der Waals surface area (Å²) < 4.78 is 3.86. The average molecular weight is 475 g/mol. The fourth-order valence-electron chi connectivity index (χ4n) is 3.17. The summed E-state index contributed by atoms with van der Waals surface area (Å²) in [5, 5.41) is 0. The Morgan fingerprint density at radius 1 is 1.30 bits per heavy atom. The molecule has 33 heavy (non-hydrogen) atoms. The van der Waals surface area contributed by atoms with Crippen LogP contribution in [0.5, 0.6) is 0 Å². The number of rotatable bonds is 5. The summed E-state index contributed by atoms with van der Waals surface area (Å²) in [5.41, 5.74) is 1.48. The second-order valence-electron chi connectivity index (χ2n) is 8.62. The van der Waals surface area contributed by atoms with Crippen LogP contribution < -0.4 is 4.90 Å². The van der Waals surface area contributed by atoms with Crippen molar-refractivity contribution in [1.29, 1.82) is 0 Å². The van der Waals surface area contributed by atoms with E-state index in [4.69, 9.17) is 4.79 Å². The maximum absolute atomic E-state index is 13.2. The van der Waals surface area contributed by atoms with Crippen molar-refractivity contribution in [3.05, 3.63) is 40.1 Å². The molecule has 1 aromatic rings. The van der Waals surface area contributed by atoms with Gasteiger partial charge in [-0.15, -0.1) is 11.3 Å². The standard InChI is InChI=1S/C23H32N2OS.C2H4O2.C2H6/c1-8-9-17(2)22(26)25(19-11-14-24(7)15-12-19)21-16-20(27-18(21)3)10-13-23(4,5)6;1-4-2-3;1-2/h8-9,16,19H,2,11-12,14-15H2,1,3-7H3;2H,1H3;1-2H3/b9-8-;;. The molecule has 1 saturated heterocycles. The number of anilines is 1. The van der Waals surface area contributed by atoms with E-state index in [-0.39, 0.29) is 17.4 Å². The fraction of sp³-hybridized carbons (Fsp3) is 0.556. The lowest BCUT2D eigenvalue weighted by Gasteiger charge is -2.37. The minimum atomic E-state index is -0.0400. The summed E-state index contributed by atoms with van der Waals surface area (Å²) in [4.78, 5) is 28.6. The summed E-state index contributed by atoms with van der Waals surface area (Å²) in [7, 11) is 3.45. The van der Waals surface area contributed by atoms with Crippen molar-refractivity contribution in [2.45, 2.75) is 67.3 Å². The van der Waals surface area contributed by atoms with Crippen LogP contribution in [-0.4, -0.2) is 50.6 Å². The molecule has 2 heterocycles. The van der Waals surface area contributed by atoms with E-state index in [1.165, 1.54) is 7.11 Å². The number of thiophene rings is 1. The number of methoxy groups -OCH3 is 1. The van der Waals surface area contributed by atoms with Gasteiger partial charge in [0.15, 0.2) is 0 Å². The average Bonchev–Trinajstić information content (AvgIpc) is 3.15. The van der Waals surface area contributed by atoms with Gasteiger partial charge in [0.05, 0.1) is 17.7 Å². The van der Waals surface area contributed by atoms with Crippen molar-refractivity contribution in [2.75, 3.05) is 32.1 Å². The Morgan fingerprint density at radius 2 is 1.85 bits per heavy atom.